The van der Waals surface area contributed by atoms with Gasteiger partial charge in [-0.25, -0.2) is 0 Å². The lowest BCUT2D eigenvalue weighted by Gasteiger charge is -2.25. The number of aromatic nitrogens is 2. The minimum atomic E-state index is -0.946. The van der Waals surface area contributed by atoms with E-state index in [9.17, 15) is 9.90 Å². The van der Waals surface area contributed by atoms with E-state index in [2.05, 4.69) is 10.1 Å². The van der Waals surface area contributed by atoms with Crippen molar-refractivity contribution in [1.82, 2.24) is 15.0 Å². The zero-order chi connectivity index (χ0) is 18.8. The van der Waals surface area contributed by atoms with Crippen LogP contribution in [-0.2, 0) is 11.3 Å². The summed E-state index contributed by atoms with van der Waals surface area (Å²) in [4.78, 5) is 18.1. The Hall–Kier alpha value is -2.93. The van der Waals surface area contributed by atoms with Crippen LogP contribution in [0.1, 0.15) is 28.6 Å². The van der Waals surface area contributed by atoms with Gasteiger partial charge in [-0.05, 0) is 38.6 Å². The average Bonchev–Trinajstić information content (AvgIpc) is 2.94. The molecule has 3 rings (SSSR count). The van der Waals surface area contributed by atoms with Crippen LogP contribution < -0.4 is 4.74 Å². The van der Waals surface area contributed by atoms with Crippen LogP contribution in [0.15, 0.2) is 35.0 Å². The number of benzene rings is 1. The van der Waals surface area contributed by atoms with Crippen molar-refractivity contribution < 1.29 is 19.2 Å². The molecule has 1 N–H and O–H groups in total. The zero-order valence-electron chi connectivity index (χ0n) is 15.2. The summed E-state index contributed by atoms with van der Waals surface area (Å²) in [7, 11) is 3.38. The molecule has 0 saturated carbocycles. The number of carbonyl (C=O) groups is 1. The molecule has 0 bridgehead atoms. The van der Waals surface area contributed by atoms with Crippen LogP contribution in [0.2, 0.25) is 0 Å². The molecule has 136 valence electrons. The van der Waals surface area contributed by atoms with Crippen LogP contribution in [0.5, 0.6) is 5.75 Å². The van der Waals surface area contributed by atoms with Gasteiger partial charge in [0.15, 0.2) is 0 Å². The lowest BCUT2D eigenvalue weighted by Crippen LogP contribution is -2.31. The number of aryl methyl sites for hydroxylation is 2. The van der Waals surface area contributed by atoms with Crippen molar-refractivity contribution >= 4 is 16.9 Å². The molecular formula is C19H21N3O4. The summed E-state index contributed by atoms with van der Waals surface area (Å²) in [5.41, 5.74) is 2.90. The second kappa shape index (κ2) is 7.13. The Labute approximate surface area is 151 Å². The van der Waals surface area contributed by atoms with Crippen LogP contribution in [0.25, 0.3) is 10.9 Å². The van der Waals surface area contributed by atoms with Gasteiger partial charge in [0.2, 0.25) is 0 Å². The molecule has 3 aromatic rings. The Morgan fingerprint density at radius 1 is 1.35 bits per heavy atom. The van der Waals surface area contributed by atoms with E-state index in [1.165, 1.54) is 0 Å². The molecule has 1 aromatic carbocycles. The number of carboxylic acid groups (broad SMARTS) is 1. The first-order valence-electron chi connectivity index (χ1n) is 8.20. The maximum atomic E-state index is 12.0. The molecule has 1 unspecified atom stereocenters. The molecule has 0 spiro atoms. The minimum absolute atomic E-state index is 0.424. The van der Waals surface area contributed by atoms with Crippen LogP contribution in [0.4, 0.5) is 0 Å². The van der Waals surface area contributed by atoms with Crippen LogP contribution in [0.3, 0.4) is 0 Å². The molecule has 0 radical (unpaired) electrons. The fourth-order valence-corrected chi connectivity index (χ4v) is 3.28. The number of pyridine rings is 1. The summed E-state index contributed by atoms with van der Waals surface area (Å²) in [6, 6.07) is 6.75. The summed E-state index contributed by atoms with van der Waals surface area (Å²) in [6.07, 6.45) is 1.71. The summed E-state index contributed by atoms with van der Waals surface area (Å²) in [5, 5.41) is 14.6. The SMILES string of the molecule is COc1ccc(CN(C)C(C(=O)O)c2c(C)noc2C)c2cccnc12. The normalized spacial score (nSPS) is 12.5. The van der Waals surface area contributed by atoms with E-state index in [0.717, 1.165) is 16.5 Å². The molecule has 2 aromatic heterocycles. The fraction of sp³-hybridized carbons (Fsp3) is 0.316. The van der Waals surface area contributed by atoms with Crippen molar-refractivity contribution in [1.29, 1.82) is 0 Å². The first-order valence-corrected chi connectivity index (χ1v) is 8.20. The smallest absolute Gasteiger partial charge is 0.325 e. The van der Waals surface area contributed by atoms with Gasteiger partial charge in [0, 0.05) is 23.7 Å². The predicted octanol–water partition coefficient (Wildman–Crippen LogP) is 3.11. The zero-order valence-corrected chi connectivity index (χ0v) is 15.2. The van der Waals surface area contributed by atoms with Crippen LogP contribution in [0, 0.1) is 13.8 Å². The highest BCUT2D eigenvalue weighted by Gasteiger charge is 2.31. The number of methoxy groups -OCH3 is 1. The number of carboxylic acids is 1. The molecule has 0 aliphatic heterocycles. The predicted molar refractivity (Wildman–Crippen MR) is 96.1 cm³/mol. The third-order valence-electron chi connectivity index (χ3n) is 4.50. The molecule has 7 nitrogen and oxygen atoms in total. The van der Waals surface area contributed by atoms with Crippen molar-refractivity contribution in [3.05, 3.63) is 53.0 Å². The van der Waals surface area contributed by atoms with Gasteiger partial charge in [0.1, 0.15) is 23.1 Å². The standard InChI is InChI=1S/C19H21N3O4/c1-11-16(12(2)26-21-11)18(19(23)24)22(3)10-13-7-8-15(25-4)17-14(13)6-5-9-20-17/h5-9,18H,10H2,1-4H3,(H,23,24). The number of fused-ring (bicyclic) bond motifs is 1. The van der Waals surface area contributed by atoms with Gasteiger partial charge in [-0.3, -0.25) is 14.7 Å². The number of hydrogen-bond donors (Lipinski definition) is 1. The second-order valence-corrected chi connectivity index (χ2v) is 6.22. The highest BCUT2D eigenvalue weighted by Crippen LogP contribution is 2.31. The quantitative estimate of drug-likeness (QED) is 0.727. The third kappa shape index (κ3) is 3.13. The molecule has 1 atom stereocenters. The Bertz CT molecular complexity index is 932. The van der Waals surface area contributed by atoms with E-state index in [1.807, 2.05) is 24.3 Å². The van der Waals surface area contributed by atoms with E-state index in [-0.39, 0.29) is 0 Å². The van der Waals surface area contributed by atoms with Crippen molar-refractivity contribution in [2.24, 2.45) is 0 Å². The molecule has 0 saturated heterocycles. The van der Waals surface area contributed by atoms with Gasteiger partial charge in [-0.15, -0.1) is 0 Å². The highest BCUT2D eigenvalue weighted by atomic mass is 16.5. The first-order chi connectivity index (χ1) is 12.4. The van der Waals surface area contributed by atoms with Gasteiger partial charge in [-0.2, -0.15) is 0 Å². The van der Waals surface area contributed by atoms with E-state index in [4.69, 9.17) is 9.26 Å². The van der Waals surface area contributed by atoms with Gasteiger partial charge in [0.05, 0.1) is 12.8 Å². The summed E-state index contributed by atoms with van der Waals surface area (Å²) in [5.74, 6) is 0.258. The van der Waals surface area contributed by atoms with Crippen molar-refractivity contribution in [2.45, 2.75) is 26.4 Å². The molecule has 0 aliphatic rings. The number of hydrogen-bond acceptors (Lipinski definition) is 6. The Morgan fingerprint density at radius 3 is 2.73 bits per heavy atom. The maximum absolute atomic E-state index is 12.0. The number of ether oxygens (including phenoxy) is 1. The van der Waals surface area contributed by atoms with E-state index >= 15 is 0 Å². The minimum Gasteiger partial charge on any atom is -0.494 e. The van der Waals surface area contributed by atoms with Crippen molar-refractivity contribution in [3.63, 3.8) is 0 Å². The van der Waals surface area contributed by atoms with E-state index < -0.39 is 12.0 Å². The molecular weight excluding hydrogens is 334 g/mol. The lowest BCUT2D eigenvalue weighted by molar-refractivity contribution is -0.143. The summed E-state index contributed by atoms with van der Waals surface area (Å²) >= 11 is 0. The Balaban J connectivity index is 2.00. The number of aliphatic carboxylic acids is 1. The maximum Gasteiger partial charge on any atom is 0.325 e. The number of nitrogens with zero attached hydrogens (tertiary/aromatic N) is 3. The van der Waals surface area contributed by atoms with Crippen LogP contribution in [-0.4, -0.2) is 40.3 Å². The van der Waals surface area contributed by atoms with Gasteiger partial charge in [-0.1, -0.05) is 17.3 Å². The number of rotatable bonds is 6. The largest absolute Gasteiger partial charge is 0.494 e. The summed E-state index contributed by atoms with van der Waals surface area (Å²) < 4.78 is 10.5. The van der Waals surface area contributed by atoms with Gasteiger partial charge >= 0.3 is 5.97 Å². The first kappa shape index (κ1) is 17.9. The Kier molecular flexibility index (Phi) is 4.90. The summed E-state index contributed by atoms with van der Waals surface area (Å²) in [6.45, 7) is 3.90. The monoisotopic (exact) mass is 355 g/mol. The molecule has 7 heteroatoms. The lowest BCUT2D eigenvalue weighted by atomic mass is 10.0. The van der Waals surface area contributed by atoms with Gasteiger partial charge < -0.3 is 14.4 Å². The second-order valence-electron chi connectivity index (χ2n) is 6.22. The highest BCUT2D eigenvalue weighted by molar-refractivity contribution is 5.87. The van der Waals surface area contributed by atoms with Crippen LogP contribution >= 0.6 is 0 Å². The van der Waals surface area contributed by atoms with Crippen molar-refractivity contribution in [2.75, 3.05) is 14.2 Å². The average molecular weight is 355 g/mol. The molecule has 0 fully saturated rings. The molecule has 26 heavy (non-hydrogen) atoms. The topological polar surface area (TPSA) is 88.7 Å². The molecule has 2 heterocycles. The molecule has 0 aliphatic carbocycles. The Morgan fingerprint density at radius 2 is 2.12 bits per heavy atom. The van der Waals surface area contributed by atoms with Gasteiger partial charge in [0.25, 0.3) is 0 Å². The molecule has 0 amide bonds. The van der Waals surface area contributed by atoms with Crippen molar-refractivity contribution in [3.8, 4) is 5.75 Å². The third-order valence-corrected chi connectivity index (χ3v) is 4.50. The number of likely N-dealkylation sites (N-methyl/N-ethyl adjacent to an activating group) is 1. The fourth-order valence-electron chi connectivity index (χ4n) is 3.28. The van der Waals surface area contributed by atoms with E-state index in [0.29, 0.717) is 29.3 Å². The van der Waals surface area contributed by atoms with E-state index in [1.54, 1.807) is 39.1 Å².